The average Bonchev–Trinajstić information content (AvgIpc) is 2.27. The lowest BCUT2D eigenvalue weighted by Gasteiger charge is -2.27. The molecule has 92 valence electrons. The smallest absolute Gasteiger partial charge is 0.223 e. The normalized spacial score (nSPS) is 17.1. The molecular weight excluding hydrogens is 228 g/mol. The molecule has 1 aliphatic heterocycles. The van der Waals surface area contributed by atoms with Crippen LogP contribution in [0.3, 0.4) is 0 Å². The van der Waals surface area contributed by atoms with Gasteiger partial charge in [0.2, 0.25) is 5.91 Å². The fraction of sp³-hybridized carbons (Fsp3) is 0.700. The molecule has 1 amide bonds. The van der Waals surface area contributed by atoms with Gasteiger partial charge in [0.1, 0.15) is 0 Å². The molecule has 0 aromatic heterocycles. The van der Waals surface area contributed by atoms with Crippen molar-refractivity contribution in [2.24, 2.45) is 0 Å². The lowest BCUT2D eigenvalue weighted by molar-refractivity contribution is -0.131. The van der Waals surface area contributed by atoms with E-state index in [1.165, 1.54) is 6.08 Å². The van der Waals surface area contributed by atoms with Gasteiger partial charge in [0.15, 0.2) is 9.84 Å². The highest BCUT2D eigenvalue weighted by molar-refractivity contribution is 7.91. The molecule has 0 aromatic rings. The third-order valence-electron chi connectivity index (χ3n) is 2.47. The Kier molecular flexibility index (Phi) is 4.95. The minimum absolute atomic E-state index is 0.0537. The maximum absolute atomic E-state index is 11.7. The second-order valence-corrected chi connectivity index (χ2v) is 6.01. The van der Waals surface area contributed by atoms with Gasteiger partial charge in [0.25, 0.3) is 0 Å². The zero-order valence-corrected chi connectivity index (χ0v) is 10.1. The van der Waals surface area contributed by atoms with Gasteiger partial charge in [-0.3, -0.25) is 4.79 Å². The van der Waals surface area contributed by atoms with Crippen LogP contribution in [0.2, 0.25) is 0 Å². The van der Waals surface area contributed by atoms with Gasteiger partial charge in [-0.25, -0.2) is 8.42 Å². The van der Waals surface area contributed by atoms with Crippen LogP contribution in [0.5, 0.6) is 0 Å². The highest BCUT2D eigenvalue weighted by atomic mass is 32.2. The molecule has 0 unspecified atom stereocenters. The van der Waals surface area contributed by atoms with Crippen molar-refractivity contribution in [3.8, 4) is 0 Å². The van der Waals surface area contributed by atoms with Crippen molar-refractivity contribution in [2.75, 3.05) is 37.7 Å². The van der Waals surface area contributed by atoms with Gasteiger partial charge in [0, 0.05) is 32.6 Å². The Bertz CT molecular complexity index is 345. The quantitative estimate of drug-likeness (QED) is 0.658. The Morgan fingerprint density at radius 3 is 2.56 bits per heavy atom. The largest absolute Gasteiger partial charge is 0.340 e. The highest BCUT2D eigenvalue weighted by Crippen LogP contribution is 2.01. The van der Waals surface area contributed by atoms with Crippen molar-refractivity contribution in [3.63, 3.8) is 0 Å². The van der Waals surface area contributed by atoms with E-state index in [0.29, 0.717) is 13.1 Å². The van der Waals surface area contributed by atoms with Crippen LogP contribution in [0.4, 0.5) is 0 Å². The third kappa shape index (κ3) is 4.32. The molecule has 16 heavy (non-hydrogen) atoms. The number of hydrogen-bond donors (Lipinski definition) is 1. The van der Waals surface area contributed by atoms with Gasteiger partial charge in [-0.2, -0.15) is 0 Å². The summed E-state index contributed by atoms with van der Waals surface area (Å²) in [5.74, 6) is -0.210. The molecule has 0 aromatic carbocycles. The van der Waals surface area contributed by atoms with E-state index in [2.05, 4.69) is 11.9 Å². The molecule has 0 spiro atoms. The summed E-state index contributed by atoms with van der Waals surface area (Å²) >= 11 is 0. The standard InChI is InChI=1S/C10H18N2O3S/c1-2-8-16(14,15)9-3-10(13)12-6-4-11-5-7-12/h2,11H,1,3-9H2. The Hall–Kier alpha value is -0.880. The minimum atomic E-state index is -3.15. The van der Waals surface area contributed by atoms with Gasteiger partial charge >= 0.3 is 0 Å². The fourth-order valence-electron chi connectivity index (χ4n) is 1.58. The van der Waals surface area contributed by atoms with Crippen LogP contribution in [0.1, 0.15) is 6.42 Å². The second kappa shape index (κ2) is 6.00. The van der Waals surface area contributed by atoms with Gasteiger partial charge in [-0.1, -0.05) is 6.08 Å². The van der Waals surface area contributed by atoms with Crippen molar-refractivity contribution < 1.29 is 13.2 Å². The van der Waals surface area contributed by atoms with Gasteiger partial charge in [-0.05, 0) is 0 Å². The summed E-state index contributed by atoms with van der Waals surface area (Å²) in [5, 5.41) is 3.14. The zero-order chi connectivity index (χ0) is 12.0. The maximum atomic E-state index is 11.7. The number of carbonyl (C=O) groups is 1. The Morgan fingerprint density at radius 1 is 1.38 bits per heavy atom. The molecule has 0 bridgehead atoms. The Labute approximate surface area is 96.4 Å². The molecule has 0 aliphatic carbocycles. The first-order chi connectivity index (χ1) is 7.55. The first kappa shape index (κ1) is 13.2. The molecule has 1 fully saturated rings. The first-order valence-corrected chi connectivity index (χ1v) is 7.17. The van der Waals surface area contributed by atoms with Crippen LogP contribution in [-0.2, 0) is 14.6 Å². The van der Waals surface area contributed by atoms with E-state index < -0.39 is 9.84 Å². The van der Waals surface area contributed by atoms with E-state index >= 15 is 0 Å². The average molecular weight is 246 g/mol. The molecule has 1 rings (SSSR count). The molecule has 1 saturated heterocycles. The molecule has 1 aliphatic rings. The van der Waals surface area contributed by atoms with Crippen LogP contribution in [0.15, 0.2) is 12.7 Å². The van der Waals surface area contributed by atoms with Crippen molar-refractivity contribution in [2.45, 2.75) is 6.42 Å². The number of carbonyl (C=O) groups excluding carboxylic acids is 1. The number of nitrogens with one attached hydrogen (secondary N) is 1. The van der Waals surface area contributed by atoms with E-state index in [9.17, 15) is 13.2 Å². The highest BCUT2D eigenvalue weighted by Gasteiger charge is 2.18. The van der Waals surface area contributed by atoms with Crippen LogP contribution in [-0.4, -0.2) is 56.9 Å². The monoisotopic (exact) mass is 246 g/mol. The summed E-state index contributed by atoms with van der Waals surface area (Å²) in [6.45, 7) is 6.28. The van der Waals surface area contributed by atoms with Crippen molar-refractivity contribution in [1.82, 2.24) is 10.2 Å². The summed E-state index contributed by atoms with van der Waals surface area (Å²) in [5.41, 5.74) is 0. The lowest BCUT2D eigenvalue weighted by atomic mass is 10.3. The molecule has 1 heterocycles. The van der Waals surface area contributed by atoms with Crippen LogP contribution in [0, 0.1) is 0 Å². The SMILES string of the molecule is C=CCS(=O)(=O)CCC(=O)N1CCNCC1. The number of hydrogen-bond acceptors (Lipinski definition) is 4. The minimum Gasteiger partial charge on any atom is -0.340 e. The molecule has 0 saturated carbocycles. The molecule has 6 heteroatoms. The number of piperazine rings is 1. The predicted octanol–water partition coefficient (Wildman–Crippen LogP) is -0.591. The van der Waals surface area contributed by atoms with E-state index in [1.807, 2.05) is 0 Å². The summed E-state index contributed by atoms with van der Waals surface area (Å²) in [6, 6.07) is 0. The van der Waals surface area contributed by atoms with E-state index in [0.717, 1.165) is 13.1 Å². The van der Waals surface area contributed by atoms with E-state index in [4.69, 9.17) is 0 Å². The number of sulfone groups is 1. The van der Waals surface area contributed by atoms with Crippen LogP contribution in [0.25, 0.3) is 0 Å². The fourth-order valence-corrected chi connectivity index (χ4v) is 2.59. The molecule has 5 nitrogen and oxygen atoms in total. The topological polar surface area (TPSA) is 66.5 Å². The Balaban J connectivity index is 2.36. The van der Waals surface area contributed by atoms with Crippen molar-refractivity contribution in [3.05, 3.63) is 12.7 Å². The first-order valence-electron chi connectivity index (χ1n) is 5.35. The summed E-state index contributed by atoms with van der Waals surface area (Å²) in [4.78, 5) is 13.4. The van der Waals surface area contributed by atoms with Crippen LogP contribution < -0.4 is 5.32 Å². The number of rotatable bonds is 5. The van der Waals surface area contributed by atoms with E-state index in [1.54, 1.807) is 4.90 Å². The van der Waals surface area contributed by atoms with Crippen molar-refractivity contribution in [1.29, 1.82) is 0 Å². The van der Waals surface area contributed by atoms with Gasteiger partial charge in [0.05, 0.1) is 11.5 Å². The molecule has 1 N–H and O–H groups in total. The van der Waals surface area contributed by atoms with Gasteiger partial charge < -0.3 is 10.2 Å². The van der Waals surface area contributed by atoms with Gasteiger partial charge in [-0.15, -0.1) is 6.58 Å². The zero-order valence-electron chi connectivity index (χ0n) is 9.31. The molecule has 0 radical (unpaired) electrons. The molecule has 0 atom stereocenters. The van der Waals surface area contributed by atoms with Crippen molar-refractivity contribution >= 4 is 15.7 Å². The maximum Gasteiger partial charge on any atom is 0.223 e. The summed E-state index contributed by atoms with van der Waals surface area (Å²) in [7, 11) is -3.15. The second-order valence-electron chi connectivity index (χ2n) is 3.78. The number of nitrogens with zero attached hydrogens (tertiary/aromatic N) is 1. The van der Waals surface area contributed by atoms with E-state index in [-0.39, 0.29) is 23.8 Å². The Morgan fingerprint density at radius 2 is 2.00 bits per heavy atom. The molecular formula is C10H18N2O3S. The third-order valence-corrected chi connectivity index (χ3v) is 4.04. The number of amides is 1. The predicted molar refractivity (Wildman–Crippen MR) is 62.9 cm³/mol. The lowest BCUT2D eigenvalue weighted by Crippen LogP contribution is -2.46. The summed E-state index contributed by atoms with van der Waals surface area (Å²) in [6.07, 6.45) is 1.43. The summed E-state index contributed by atoms with van der Waals surface area (Å²) < 4.78 is 22.7. The van der Waals surface area contributed by atoms with Crippen LogP contribution >= 0.6 is 0 Å².